The topological polar surface area (TPSA) is 55.7 Å². The lowest BCUT2D eigenvalue weighted by Gasteiger charge is -2.01. The van der Waals surface area contributed by atoms with Crippen LogP contribution in [0.5, 0.6) is 5.88 Å². The number of halogens is 2. The number of aromatic nitrogens is 4. The molecule has 2 aromatic rings. The molecule has 7 heteroatoms. The van der Waals surface area contributed by atoms with E-state index < -0.39 is 6.61 Å². The van der Waals surface area contributed by atoms with E-state index in [4.69, 9.17) is 0 Å². The molecule has 0 saturated heterocycles. The zero-order valence-electron chi connectivity index (χ0n) is 7.82. The molecule has 0 amide bonds. The second kappa shape index (κ2) is 3.68. The van der Waals surface area contributed by atoms with Crippen LogP contribution in [0.15, 0.2) is 18.3 Å². The highest BCUT2D eigenvalue weighted by atomic mass is 19.3. The van der Waals surface area contributed by atoms with Crippen LogP contribution in [0.2, 0.25) is 0 Å². The van der Waals surface area contributed by atoms with Crippen LogP contribution in [0, 0.1) is 0 Å². The number of aryl methyl sites for hydroxylation is 1. The zero-order valence-corrected chi connectivity index (χ0v) is 7.82. The number of alkyl halides is 2. The standard InChI is InChI=1S/C8H8F2N4O/c1-14-7(15-8(9)10)4-6(13-14)5-2-3-11-12-5/h2-4,8H,1H3,(H,11,12). The molecule has 0 aliphatic carbocycles. The monoisotopic (exact) mass is 214 g/mol. The van der Waals surface area contributed by atoms with Gasteiger partial charge in [-0.2, -0.15) is 19.0 Å². The summed E-state index contributed by atoms with van der Waals surface area (Å²) in [6, 6.07) is 3.09. The molecule has 0 aliphatic rings. The molecular weight excluding hydrogens is 206 g/mol. The molecular formula is C8H8F2N4O. The van der Waals surface area contributed by atoms with Crippen molar-refractivity contribution in [2.75, 3.05) is 0 Å². The third-order valence-electron chi connectivity index (χ3n) is 1.81. The predicted octanol–water partition coefficient (Wildman–Crippen LogP) is 1.41. The summed E-state index contributed by atoms with van der Waals surface area (Å²) < 4.78 is 29.4. The van der Waals surface area contributed by atoms with Gasteiger partial charge < -0.3 is 4.74 Å². The van der Waals surface area contributed by atoms with Crippen molar-refractivity contribution in [3.8, 4) is 17.3 Å². The van der Waals surface area contributed by atoms with Gasteiger partial charge in [-0.05, 0) is 6.07 Å². The molecule has 0 fully saturated rings. The molecule has 0 bridgehead atoms. The fourth-order valence-corrected chi connectivity index (χ4v) is 1.18. The molecule has 1 N–H and O–H groups in total. The van der Waals surface area contributed by atoms with Crippen LogP contribution in [0.3, 0.4) is 0 Å². The highest BCUT2D eigenvalue weighted by molar-refractivity contribution is 5.54. The smallest absolute Gasteiger partial charge is 0.388 e. The third kappa shape index (κ3) is 1.95. The van der Waals surface area contributed by atoms with E-state index >= 15 is 0 Å². The van der Waals surface area contributed by atoms with E-state index in [0.717, 1.165) is 0 Å². The van der Waals surface area contributed by atoms with E-state index in [1.165, 1.54) is 17.8 Å². The summed E-state index contributed by atoms with van der Waals surface area (Å²) in [5, 5.41) is 10.5. The number of hydrogen-bond acceptors (Lipinski definition) is 3. The van der Waals surface area contributed by atoms with Gasteiger partial charge in [-0.3, -0.25) is 5.10 Å². The molecule has 80 valence electrons. The van der Waals surface area contributed by atoms with E-state index in [9.17, 15) is 8.78 Å². The van der Waals surface area contributed by atoms with Crippen LogP contribution in [0.25, 0.3) is 11.4 Å². The van der Waals surface area contributed by atoms with Gasteiger partial charge in [-0.15, -0.1) is 0 Å². The third-order valence-corrected chi connectivity index (χ3v) is 1.81. The summed E-state index contributed by atoms with van der Waals surface area (Å²) in [7, 11) is 1.52. The van der Waals surface area contributed by atoms with E-state index in [-0.39, 0.29) is 5.88 Å². The fourth-order valence-electron chi connectivity index (χ4n) is 1.18. The summed E-state index contributed by atoms with van der Waals surface area (Å²) in [4.78, 5) is 0. The van der Waals surface area contributed by atoms with Crippen LogP contribution in [0.4, 0.5) is 8.78 Å². The minimum absolute atomic E-state index is 0.00278. The minimum atomic E-state index is -2.85. The summed E-state index contributed by atoms with van der Waals surface area (Å²) >= 11 is 0. The van der Waals surface area contributed by atoms with Crippen molar-refractivity contribution in [1.82, 2.24) is 20.0 Å². The predicted molar refractivity (Wildman–Crippen MR) is 47.4 cm³/mol. The number of aromatic amines is 1. The second-order valence-electron chi connectivity index (χ2n) is 2.83. The van der Waals surface area contributed by atoms with Gasteiger partial charge in [0.25, 0.3) is 0 Å². The molecule has 0 saturated carbocycles. The van der Waals surface area contributed by atoms with E-state index in [1.807, 2.05) is 0 Å². The summed E-state index contributed by atoms with van der Waals surface area (Å²) in [6.07, 6.45) is 1.62. The molecule has 5 nitrogen and oxygen atoms in total. The first kappa shape index (κ1) is 9.63. The highest BCUT2D eigenvalue weighted by Gasteiger charge is 2.13. The van der Waals surface area contributed by atoms with Gasteiger partial charge in [0.2, 0.25) is 5.88 Å². The molecule has 0 unspecified atom stereocenters. The zero-order chi connectivity index (χ0) is 10.8. The Kier molecular flexibility index (Phi) is 2.36. The van der Waals surface area contributed by atoms with Gasteiger partial charge >= 0.3 is 6.61 Å². The first-order valence-corrected chi connectivity index (χ1v) is 4.16. The number of ether oxygens (including phenoxy) is 1. The molecule has 2 aromatic heterocycles. The Labute approximate surface area is 83.7 Å². The molecule has 2 rings (SSSR count). The maximum absolute atomic E-state index is 12.0. The number of H-pyrrole nitrogens is 1. The highest BCUT2D eigenvalue weighted by Crippen LogP contribution is 2.21. The van der Waals surface area contributed by atoms with Crippen LogP contribution < -0.4 is 4.74 Å². The van der Waals surface area contributed by atoms with Crippen molar-refractivity contribution in [2.45, 2.75) is 6.61 Å². The Morgan fingerprint density at radius 2 is 2.27 bits per heavy atom. The van der Waals surface area contributed by atoms with Gasteiger partial charge in [0.05, 0.1) is 0 Å². The Hall–Kier alpha value is -1.92. The maximum atomic E-state index is 12.0. The van der Waals surface area contributed by atoms with Gasteiger partial charge in [0.1, 0.15) is 11.4 Å². The van der Waals surface area contributed by atoms with Crippen LogP contribution in [-0.2, 0) is 7.05 Å². The number of nitrogens with one attached hydrogen (secondary N) is 1. The van der Waals surface area contributed by atoms with Gasteiger partial charge in [-0.25, -0.2) is 4.68 Å². The lowest BCUT2D eigenvalue weighted by atomic mass is 10.3. The minimum Gasteiger partial charge on any atom is -0.417 e. The lowest BCUT2D eigenvalue weighted by molar-refractivity contribution is -0.0553. The first-order valence-electron chi connectivity index (χ1n) is 4.16. The van der Waals surface area contributed by atoms with Crippen molar-refractivity contribution in [3.63, 3.8) is 0 Å². The number of rotatable bonds is 3. The number of nitrogens with zero attached hydrogens (tertiary/aromatic N) is 3. The van der Waals surface area contributed by atoms with Crippen LogP contribution >= 0.6 is 0 Å². The molecule has 15 heavy (non-hydrogen) atoms. The van der Waals surface area contributed by atoms with Crippen LogP contribution in [-0.4, -0.2) is 26.6 Å². The summed E-state index contributed by atoms with van der Waals surface area (Å²) in [5.74, 6) is 0.00278. The van der Waals surface area contributed by atoms with E-state index in [1.54, 1.807) is 12.3 Å². The largest absolute Gasteiger partial charge is 0.417 e. The quantitative estimate of drug-likeness (QED) is 0.840. The maximum Gasteiger partial charge on any atom is 0.388 e. The Morgan fingerprint density at radius 3 is 2.87 bits per heavy atom. The van der Waals surface area contributed by atoms with Crippen molar-refractivity contribution >= 4 is 0 Å². The SMILES string of the molecule is Cn1nc(-c2cc[nH]n2)cc1OC(F)F. The molecule has 2 heterocycles. The average Bonchev–Trinajstić information content (AvgIpc) is 2.75. The number of hydrogen-bond donors (Lipinski definition) is 1. The lowest BCUT2D eigenvalue weighted by Crippen LogP contribution is -2.05. The van der Waals surface area contributed by atoms with Gasteiger partial charge in [0, 0.05) is 19.3 Å². The summed E-state index contributed by atoms with van der Waals surface area (Å²) in [5.41, 5.74) is 1.06. The van der Waals surface area contributed by atoms with Crippen molar-refractivity contribution in [3.05, 3.63) is 18.3 Å². The normalized spacial score (nSPS) is 10.9. The molecule has 0 radical (unpaired) electrons. The first-order chi connectivity index (χ1) is 7.16. The Balaban J connectivity index is 2.29. The van der Waals surface area contributed by atoms with E-state index in [0.29, 0.717) is 11.4 Å². The van der Waals surface area contributed by atoms with E-state index in [2.05, 4.69) is 20.0 Å². The van der Waals surface area contributed by atoms with Crippen molar-refractivity contribution < 1.29 is 13.5 Å². The van der Waals surface area contributed by atoms with Gasteiger partial charge in [-0.1, -0.05) is 0 Å². The Bertz CT molecular complexity index is 437. The van der Waals surface area contributed by atoms with Gasteiger partial charge in [0.15, 0.2) is 0 Å². The molecule has 0 aromatic carbocycles. The van der Waals surface area contributed by atoms with Crippen LogP contribution in [0.1, 0.15) is 0 Å². The fraction of sp³-hybridized carbons (Fsp3) is 0.250. The Morgan fingerprint density at radius 1 is 1.47 bits per heavy atom. The second-order valence-corrected chi connectivity index (χ2v) is 2.83. The molecule has 0 spiro atoms. The molecule has 0 atom stereocenters. The average molecular weight is 214 g/mol. The van der Waals surface area contributed by atoms with Crippen molar-refractivity contribution in [2.24, 2.45) is 7.05 Å². The summed E-state index contributed by atoms with van der Waals surface area (Å²) in [6.45, 7) is -2.85. The van der Waals surface area contributed by atoms with Crippen molar-refractivity contribution in [1.29, 1.82) is 0 Å². The molecule has 0 aliphatic heterocycles.